The van der Waals surface area contributed by atoms with Crippen molar-refractivity contribution in [3.05, 3.63) is 98.1 Å². The zero-order valence-electron chi connectivity index (χ0n) is 17.9. The van der Waals surface area contributed by atoms with Gasteiger partial charge in [-0.05, 0) is 69.1 Å². The number of rotatable bonds is 4. The van der Waals surface area contributed by atoms with Gasteiger partial charge in [0.05, 0.1) is 0 Å². The van der Waals surface area contributed by atoms with Crippen molar-refractivity contribution in [1.82, 2.24) is 0 Å². The predicted molar refractivity (Wildman–Crippen MR) is 124 cm³/mol. The van der Waals surface area contributed by atoms with Gasteiger partial charge in [-0.1, -0.05) is 53.6 Å². The molecule has 29 heavy (non-hydrogen) atoms. The number of aryl methyl sites for hydroxylation is 6. The molecule has 0 radical (unpaired) electrons. The van der Waals surface area contributed by atoms with E-state index in [9.17, 15) is 9.59 Å². The summed E-state index contributed by atoms with van der Waals surface area (Å²) in [6.45, 7) is 11.9. The average molecular weight is 402 g/mol. The monoisotopic (exact) mass is 402 g/mol. The molecule has 0 bridgehead atoms. The normalized spacial score (nSPS) is 10.9. The van der Waals surface area contributed by atoms with Crippen molar-refractivity contribution >= 4 is 26.1 Å². The summed E-state index contributed by atoms with van der Waals surface area (Å²) in [6, 6.07) is 13.5. The minimum absolute atomic E-state index is 0.101. The van der Waals surface area contributed by atoms with Crippen LogP contribution in [0, 0.1) is 41.5 Å². The van der Waals surface area contributed by atoms with Gasteiger partial charge in [0, 0.05) is 22.3 Å². The Labute approximate surface area is 175 Å². The molecule has 0 heterocycles. The molecule has 0 fully saturated rings. The van der Waals surface area contributed by atoms with Gasteiger partial charge in [-0.15, -0.1) is 9.24 Å². The fourth-order valence-corrected chi connectivity index (χ4v) is 4.75. The van der Waals surface area contributed by atoms with Crippen LogP contribution in [0.5, 0.6) is 0 Å². The van der Waals surface area contributed by atoms with E-state index >= 15 is 0 Å². The number of hydrogen-bond acceptors (Lipinski definition) is 2. The molecular formula is C26H27O2P. The van der Waals surface area contributed by atoms with Gasteiger partial charge in [0.2, 0.25) is 0 Å². The Hall–Kier alpha value is -2.57. The maximum absolute atomic E-state index is 13.6. The Balaban J connectivity index is 2.22. The molecule has 0 aliphatic rings. The molecule has 3 aromatic carbocycles. The summed E-state index contributed by atoms with van der Waals surface area (Å²) in [6.07, 6.45) is 0. The largest absolute Gasteiger partial charge is 0.289 e. The zero-order chi connectivity index (χ0) is 21.5. The molecule has 2 nitrogen and oxygen atoms in total. The van der Waals surface area contributed by atoms with Crippen molar-refractivity contribution in [2.45, 2.75) is 41.5 Å². The summed E-state index contributed by atoms with van der Waals surface area (Å²) >= 11 is 0. The quantitative estimate of drug-likeness (QED) is 0.427. The van der Waals surface area contributed by atoms with Crippen molar-refractivity contribution in [3.8, 4) is 0 Å². The van der Waals surface area contributed by atoms with Gasteiger partial charge in [0.25, 0.3) is 0 Å². The standard InChI is InChI=1S/C26H27O2P/c1-14-10-16(3)22(17(4)11-14)25(27)20-8-7-9-21(29)24(20)26(28)23-18(5)12-15(2)13-19(23)6/h7-13H,29H2,1-6H3. The summed E-state index contributed by atoms with van der Waals surface area (Å²) in [7, 11) is 2.62. The number of hydrogen-bond donors (Lipinski definition) is 0. The summed E-state index contributed by atoms with van der Waals surface area (Å²) in [5.41, 5.74) is 8.26. The highest BCUT2D eigenvalue weighted by Gasteiger charge is 2.25. The van der Waals surface area contributed by atoms with E-state index in [2.05, 4.69) is 9.24 Å². The second-order valence-electron chi connectivity index (χ2n) is 7.98. The highest BCUT2D eigenvalue weighted by atomic mass is 31.0. The van der Waals surface area contributed by atoms with Gasteiger partial charge in [0.15, 0.2) is 11.6 Å². The van der Waals surface area contributed by atoms with E-state index in [4.69, 9.17) is 0 Å². The van der Waals surface area contributed by atoms with Crippen LogP contribution in [0.1, 0.15) is 65.2 Å². The number of carbonyl (C=O) groups is 2. The molecule has 0 aliphatic heterocycles. The van der Waals surface area contributed by atoms with Crippen molar-refractivity contribution < 1.29 is 9.59 Å². The molecule has 0 saturated heterocycles. The van der Waals surface area contributed by atoms with E-state index in [0.29, 0.717) is 22.3 Å². The molecule has 0 aliphatic carbocycles. The molecule has 3 aromatic rings. The van der Waals surface area contributed by atoms with Crippen LogP contribution in [0.15, 0.2) is 42.5 Å². The summed E-state index contributed by atoms with van der Waals surface area (Å²) in [4.78, 5) is 27.2. The topological polar surface area (TPSA) is 34.1 Å². The maximum atomic E-state index is 13.6. The van der Waals surface area contributed by atoms with Gasteiger partial charge in [-0.3, -0.25) is 9.59 Å². The Morgan fingerprint density at radius 2 is 1.03 bits per heavy atom. The van der Waals surface area contributed by atoms with E-state index in [1.807, 2.05) is 77.9 Å². The fourth-order valence-electron chi connectivity index (χ4n) is 4.35. The molecule has 1 atom stereocenters. The van der Waals surface area contributed by atoms with E-state index in [1.165, 1.54) is 0 Å². The van der Waals surface area contributed by atoms with Crippen LogP contribution in [-0.4, -0.2) is 11.6 Å². The van der Waals surface area contributed by atoms with Crippen LogP contribution in [0.4, 0.5) is 0 Å². The SMILES string of the molecule is Cc1cc(C)c(C(=O)c2cccc(P)c2C(=O)c2c(C)cc(C)cc2C)c(C)c1. The van der Waals surface area contributed by atoms with Crippen LogP contribution in [0.3, 0.4) is 0 Å². The number of benzene rings is 3. The third kappa shape index (κ3) is 3.95. The van der Waals surface area contributed by atoms with Crippen molar-refractivity contribution in [2.75, 3.05) is 0 Å². The van der Waals surface area contributed by atoms with Crippen LogP contribution in [-0.2, 0) is 0 Å². The lowest BCUT2D eigenvalue weighted by molar-refractivity contribution is 0.100. The van der Waals surface area contributed by atoms with Crippen molar-refractivity contribution in [1.29, 1.82) is 0 Å². The molecule has 0 amide bonds. The third-order valence-corrected chi connectivity index (χ3v) is 5.86. The first-order valence-electron chi connectivity index (χ1n) is 9.75. The minimum atomic E-state index is -0.102. The number of ketones is 2. The highest BCUT2D eigenvalue weighted by Crippen LogP contribution is 2.26. The van der Waals surface area contributed by atoms with Crippen LogP contribution in [0.25, 0.3) is 0 Å². The highest BCUT2D eigenvalue weighted by molar-refractivity contribution is 7.27. The van der Waals surface area contributed by atoms with E-state index < -0.39 is 0 Å². The molecule has 3 heteroatoms. The minimum Gasteiger partial charge on any atom is -0.289 e. The Morgan fingerprint density at radius 3 is 1.48 bits per heavy atom. The molecule has 0 N–H and O–H groups in total. The van der Waals surface area contributed by atoms with Crippen molar-refractivity contribution in [3.63, 3.8) is 0 Å². The second kappa shape index (κ2) is 8.05. The Morgan fingerprint density at radius 1 is 0.621 bits per heavy atom. The Bertz CT molecular complexity index is 1110. The molecular weight excluding hydrogens is 375 g/mol. The zero-order valence-corrected chi connectivity index (χ0v) is 19.1. The van der Waals surface area contributed by atoms with E-state index in [0.717, 1.165) is 38.7 Å². The second-order valence-corrected chi connectivity index (χ2v) is 8.60. The third-order valence-electron chi connectivity index (χ3n) is 5.38. The first kappa shape index (κ1) is 21.1. The lowest BCUT2D eigenvalue weighted by Crippen LogP contribution is -2.20. The van der Waals surface area contributed by atoms with Gasteiger partial charge in [-0.2, -0.15) is 0 Å². The lowest BCUT2D eigenvalue weighted by Gasteiger charge is -2.17. The van der Waals surface area contributed by atoms with E-state index in [1.54, 1.807) is 6.07 Å². The molecule has 0 saturated carbocycles. The average Bonchev–Trinajstić information content (AvgIpc) is 2.59. The first-order chi connectivity index (χ1) is 13.6. The maximum Gasteiger partial charge on any atom is 0.194 e. The smallest absolute Gasteiger partial charge is 0.194 e. The number of carbonyl (C=O) groups excluding carboxylic acids is 2. The van der Waals surface area contributed by atoms with Crippen molar-refractivity contribution in [2.24, 2.45) is 0 Å². The summed E-state index contributed by atoms with van der Waals surface area (Å²) in [5.74, 6) is -0.202. The van der Waals surface area contributed by atoms with Crippen LogP contribution < -0.4 is 5.30 Å². The molecule has 0 aromatic heterocycles. The lowest BCUT2D eigenvalue weighted by atomic mass is 9.87. The molecule has 3 rings (SSSR count). The first-order valence-corrected chi connectivity index (χ1v) is 10.3. The predicted octanol–water partition coefficient (Wildman–Crippen LogP) is 5.50. The molecule has 0 spiro atoms. The van der Waals surface area contributed by atoms with Crippen LogP contribution in [0.2, 0.25) is 0 Å². The van der Waals surface area contributed by atoms with Gasteiger partial charge < -0.3 is 0 Å². The summed E-state index contributed by atoms with van der Waals surface area (Å²) < 4.78 is 0. The molecule has 1 unspecified atom stereocenters. The van der Waals surface area contributed by atoms with Crippen LogP contribution >= 0.6 is 9.24 Å². The Kier molecular flexibility index (Phi) is 5.87. The van der Waals surface area contributed by atoms with E-state index in [-0.39, 0.29) is 11.6 Å². The van der Waals surface area contributed by atoms with Gasteiger partial charge in [-0.25, -0.2) is 0 Å². The van der Waals surface area contributed by atoms with Gasteiger partial charge in [0.1, 0.15) is 0 Å². The summed E-state index contributed by atoms with van der Waals surface area (Å²) in [5, 5.41) is 0.739. The fraction of sp³-hybridized carbons (Fsp3) is 0.231. The molecule has 148 valence electrons. The van der Waals surface area contributed by atoms with Gasteiger partial charge >= 0.3 is 0 Å².